The van der Waals surface area contributed by atoms with Gasteiger partial charge in [-0.1, -0.05) is 48.5 Å². The number of carboxylic acid groups (broad SMARTS) is 1. The number of nitrogens with zero attached hydrogens (tertiary/aromatic N) is 1. The van der Waals surface area contributed by atoms with E-state index in [0.717, 1.165) is 11.1 Å². The first-order valence-electron chi connectivity index (χ1n) is 11.7. The number of fused-ring (bicyclic) bond motifs is 1. The van der Waals surface area contributed by atoms with Gasteiger partial charge in [0.15, 0.2) is 5.75 Å². The average Bonchev–Trinajstić information content (AvgIpc) is 3.32. The van der Waals surface area contributed by atoms with Gasteiger partial charge >= 0.3 is 11.9 Å². The van der Waals surface area contributed by atoms with E-state index in [4.69, 9.17) is 14.5 Å². The molecule has 4 rings (SSSR count). The van der Waals surface area contributed by atoms with Gasteiger partial charge in [0.2, 0.25) is 0 Å². The van der Waals surface area contributed by atoms with E-state index in [0.29, 0.717) is 42.1 Å². The molecule has 35 heavy (non-hydrogen) atoms. The first kappa shape index (κ1) is 24.8. The van der Waals surface area contributed by atoms with Gasteiger partial charge in [-0.15, -0.1) is 0 Å². The van der Waals surface area contributed by atoms with Gasteiger partial charge in [-0.3, -0.25) is 4.79 Å². The standard InChI is InChI=1S/C27H32N2O6/c1-17-22(25(30)33-4)23(21-12-8-11-20-16-34-35-24(20)21)27(26(31)32,18(2)28-17)13-14-29(3)15-19-9-6-5-7-10-19/h5-12,18,23,28H,13-16H2,1-4H3,(H,31,32). The Morgan fingerprint density at radius 2 is 1.94 bits per heavy atom. The van der Waals surface area contributed by atoms with Crippen molar-refractivity contribution in [2.24, 2.45) is 5.41 Å². The van der Waals surface area contributed by atoms with Crippen LogP contribution in [-0.4, -0.2) is 48.7 Å². The number of nitrogens with one attached hydrogen (secondary N) is 1. The smallest absolute Gasteiger partial charge is 0.336 e. The molecular formula is C27H32N2O6. The monoisotopic (exact) mass is 480 g/mol. The molecule has 2 aliphatic heterocycles. The molecule has 0 aromatic heterocycles. The van der Waals surface area contributed by atoms with Crippen LogP contribution in [-0.2, 0) is 32.4 Å². The van der Waals surface area contributed by atoms with Crippen LogP contribution < -0.4 is 10.2 Å². The number of para-hydroxylation sites is 1. The van der Waals surface area contributed by atoms with Gasteiger partial charge in [0, 0.05) is 35.3 Å². The molecule has 2 aliphatic rings. The molecule has 2 aromatic carbocycles. The summed E-state index contributed by atoms with van der Waals surface area (Å²) in [5.74, 6) is -1.87. The maximum absolute atomic E-state index is 13.2. The molecule has 0 radical (unpaired) electrons. The molecule has 8 heteroatoms. The van der Waals surface area contributed by atoms with E-state index >= 15 is 0 Å². The second kappa shape index (κ2) is 10.1. The molecule has 0 bridgehead atoms. The molecule has 0 spiro atoms. The lowest BCUT2D eigenvalue weighted by molar-refractivity contribution is -0.195. The van der Waals surface area contributed by atoms with Gasteiger partial charge in [-0.25, -0.2) is 4.79 Å². The minimum atomic E-state index is -1.35. The van der Waals surface area contributed by atoms with Gasteiger partial charge < -0.3 is 24.9 Å². The lowest BCUT2D eigenvalue weighted by atomic mass is 9.60. The highest BCUT2D eigenvalue weighted by molar-refractivity contribution is 5.94. The largest absolute Gasteiger partial charge is 0.481 e. The number of carbonyl (C=O) groups is 2. The number of ether oxygens (including phenoxy) is 1. The summed E-state index contributed by atoms with van der Waals surface area (Å²) in [5, 5.41) is 14.1. The van der Waals surface area contributed by atoms with Gasteiger partial charge in [-0.05, 0) is 39.4 Å². The van der Waals surface area contributed by atoms with Crippen molar-refractivity contribution in [3.8, 4) is 5.75 Å². The van der Waals surface area contributed by atoms with Crippen molar-refractivity contribution in [3.05, 3.63) is 76.5 Å². The molecule has 2 N–H and O–H groups in total. The van der Waals surface area contributed by atoms with Crippen molar-refractivity contribution >= 4 is 11.9 Å². The Morgan fingerprint density at radius 1 is 1.20 bits per heavy atom. The van der Waals surface area contributed by atoms with Crippen LogP contribution in [0.3, 0.4) is 0 Å². The van der Waals surface area contributed by atoms with Gasteiger partial charge in [0.05, 0.1) is 12.7 Å². The normalized spacial score (nSPS) is 23.5. The summed E-state index contributed by atoms with van der Waals surface area (Å²) in [4.78, 5) is 39.1. The zero-order chi connectivity index (χ0) is 25.2. The number of allylic oxidation sites excluding steroid dienone is 1. The Balaban J connectivity index is 1.79. The minimum absolute atomic E-state index is 0.264. The van der Waals surface area contributed by atoms with Crippen molar-refractivity contribution in [2.75, 3.05) is 20.7 Å². The number of aliphatic carboxylic acids is 1. The zero-order valence-electron chi connectivity index (χ0n) is 20.5. The molecule has 3 unspecified atom stereocenters. The molecule has 0 aliphatic carbocycles. The van der Waals surface area contributed by atoms with Crippen molar-refractivity contribution in [1.82, 2.24) is 10.2 Å². The molecule has 3 atom stereocenters. The van der Waals surface area contributed by atoms with E-state index in [-0.39, 0.29) is 6.61 Å². The van der Waals surface area contributed by atoms with E-state index in [1.807, 2.05) is 62.5 Å². The van der Waals surface area contributed by atoms with Crippen molar-refractivity contribution in [1.29, 1.82) is 0 Å². The third kappa shape index (κ3) is 4.51. The second-order valence-electron chi connectivity index (χ2n) is 9.33. The predicted molar refractivity (Wildman–Crippen MR) is 129 cm³/mol. The Bertz CT molecular complexity index is 1130. The molecular weight excluding hydrogens is 448 g/mol. The first-order chi connectivity index (χ1) is 16.8. The average molecular weight is 481 g/mol. The lowest BCUT2D eigenvalue weighted by Crippen LogP contribution is -2.57. The fourth-order valence-corrected chi connectivity index (χ4v) is 5.39. The molecule has 2 heterocycles. The highest BCUT2D eigenvalue weighted by Crippen LogP contribution is 2.53. The van der Waals surface area contributed by atoms with Crippen LogP contribution in [0.15, 0.2) is 59.8 Å². The van der Waals surface area contributed by atoms with Gasteiger partial charge in [0.25, 0.3) is 0 Å². The van der Waals surface area contributed by atoms with E-state index in [1.165, 1.54) is 7.11 Å². The quantitative estimate of drug-likeness (QED) is 0.437. The molecule has 2 aromatic rings. The maximum Gasteiger partial charge on any atom is 0.336 e. The van der Waals surface area contributed by atoms with Crippen LogP contribution in [0.5, 0.6) is 5.75 Å². The molecule has 0 saturated heterocycles. The summed E-state index contributed by atoms with van der Waals surface area (Å²) in [6, 6.07) is 15.1. The van der Waals surface area contributed by atoms with Crippen LogP contribution in [0.2, 0.25) is 0 Å². The number of methoxy groups -OCH3 is 1. The first-order valence-corrected chi connectivity index (χ1v) is 11.7. The zero-order valence-corrected chi connectivity index (χ0v) is 20.5. The van der Waals surface area contributed by atoms with Gasteiger partial charge in [-0.2, -0.15) is 4.89 Å². The van der Waals surface area contributed by atoms with Crippen LogP contribution in [0, 0.1) is 5.41 Å². The number of carboxylic acids is 1. The summed E-state index contributed by atoms with van der Waals surface area (Å²) in [6.45, 7) is 5.09. The SMILES string of the molecule is COC(=O)C1=C(C)NC(C)C(CCN(C)Cc2ccccc2)(C(=O)O)C1c1cccc2c1OOC2. The van der Waals surface area contributed by atoms with E-state index < -0.39 is 29.3 Å². The van der Waals surface area contributed by atoms with Crippen LogP contribution >= 0.6 is 0 Å². The summed E-state index contributed by atoms with van der Waals surface area (Å²) >= 11 is 0. The maximum atomic E-state index is 13.2. The van der Waals surface area contributed by atoms with E-state index in [1.54, 1.807) is 6.92 Å². The summed E-state index contributed by atoms with van der Waals surface area (Å²) in [6.07, 6.45) is 0.294. The number of rotatable bonds is 8. The highest BCUT2D eigenvalue weighted by atomic mass is 17.2. The second-order valence-corrected chi connectivity index (χ2v) is 9.33. The third-order valence-electron chi connectivity index (χ3n) is 7.21. The Hall–Kier alpha value is -3.36. The van der Waals surface area contributed by atoms with Crippen LogP contribution in [0.1, 0.15) is 42.9 Å². The van der Waals surface area contributed by atoms with Crippen LogP contribution in [0.4, 0.5) is 0 Å². The fraction of sp³-hybridized carbons (Fsp3) is 0.407. The summed E-state index contributed by atoms with van der Waals surface area (Å²) in [5.41, 5.74) is 2.11. The number of benzene rings is 2. The fourth-order valence-electron chi connectivity index (χ4n) is 5.39. The number of hydrogen-bond acceptors (Lipinski definition) is 7. The minimum Gasteiger partial charge on any atom is -0.481 e. The third-order valence-corrected chi connectivity index (χ3v) is 7.21. The molecule has 0 fully saturated rings. The van der Waals surface area contributed by atoms with Gasteiger partial charge in [0.1, 0.15) is 12.0 Å². The van der Waals surface area contributed by atoms with Crippen molar-refractivity contribution < 1.29 is 29.2 Å². The number of carbonyl (C=O) groups excluding carboxylic acids is 1. The molecule has 0 amide bonds. The summed E-state index contributed by atoms with van der Waals surface area (Å²) in [7, 11) is 3.28. The number of esters is 1. The van der Waals surface area contributed by atoms with Crippen LogP contribution in [0.25, 0.3) is 0 Å². The topological polar surface area (TPSA) is 97.3 Å². The predicted octanol–water partition coefficient (Wildman–Crippen LogP) is 3.63. The van der Waals surface area contributed by atoms with Crippen molar-refractivity contribution in [2.45, 2.75) is 45.4 Å². The summed E-state index contributed by atoms with van der Waals surface area (Å²) < 4.78 is 5.13. The van der Waals surface area contributed by atoms with Crippen molar-refractivity contribution in [3.63, 3.8) is 0 Å². The van der Waals surface area contributed by atoms with E-state index in [9.17, 15) is 14.7 Å². The molecule has 186 valence electrons. The van der Waals surface area contributed by atoms with E-state index in [2.05, 4.69) is 10.2 Å². The lowest BCUT2D eigenvalue weighted by Gasteiger charge is -2.47. The Kier molecular flexibility index (Phi) is 7.14. The highest BCUT2D eigenvalue weighted by Gasteiger charge is 2.57. The molecule has 8 nitrogen and oxygen atoms in total. The number of hydrogen-bond donors (Lipinski definition) is 2. The Labute approximate surface area is 205 Å². The Morgan fingerprint density at radius 3 is 2.63 bits per heavy atom. The molecule has 0 saturated carbocycles.